The highest BCUT2D eigenvalue weighted by Crippen LogP contribution is 2.30. The quantitative estimate of drug-likeness (QED) is 0.254. The molecule has 5 rings (SSSR count). The summed E-state index contributed by atoms with van der Waals surface area (Å²) in [5, 5.41) is 6.36. The van der Waals surface area contributed by atoms with E-state index in [-0.39, 0.29) is 46.1 Å². The number of ketones is 1. The van der Waals surface area contributed by atoms with E-state index in [0.29, 0.717) is 38.3 Å². The Bertz CT molecular complexity index is 1650. The summed E-state index contributed by atoms with van der Waals surface area (Å²) in [6, 6.07) is 7.36. The molecule has 0 bridgehead atoms. The number of hydrogen-bond acceptors (Lipinski definition) is 9. The van der Waals surface area contributed by atoms with Gasteiger partial charge in [-0.05, 0) is 36.6 Å². The highest BCUT2D eigenvalue weighted by atomic mass is 35.5. The minimum absolute atomic E-state index is 0.0785. The summed E-state index contributed by atoms with van der Waals surface area (Å²) < 4.78 is 40.5. The number of aromatic nitrogens is 3. The minimum Gasteiger partial charge on any atom is -0.382 e. The Labute approximate surface area is 242 Å². The lowest BCUT2D eigenvalue weighted by atomic mass is 9.88. The summed E-state index contributed by atoms with van der Waals surface area (Å²) in [5.74, 6) is -0.559. The molecule has 3 aromatic rings. The molecule has 0 atom stereocenters. The zero-order valence-corrected chi connectivity index (χ0v) is 22.8. The molecule has 2 aliphatic rings. The third-order valence-corrected chi connectivity index (χ3v) is 7.55. The lowest BCUT2D eigenvalue weighted by Gasteiger charge is -2.39. The maximum atomic E-state index is 13.3. The smallest absolute Gasteiger partial charge is 0.382 e. The van der Waals surface area contributed by atoms with Crippen LogP contribution in [0.4, 0.5) is 24.8 Å². The number of piperidine rings is 1. The Balaban J connectivity index is 1.23. The van der Waals surface area contributed by atoms with Crippen molar-refractivity contribution < 1.29 is 22.8 Å². The van der Waals surface area contributed by atoms with Gasteiger partial charge in [0, 0.05) is 38.0 Å². The number of pyridine rings is 1. The number of carbonyl (C=O) groups excluding carboxylic acids is 2. The molecule has 42 heavy (non-hydrogen) atoms. The summed E-state index contributed by atoms with van der Waals surface area (Å²) in [6.45, 7) is 1.19. The van der Waals surface area contributed by atoms with E-state index in [1.54, 1.807) is 4.90 Å². The molecule has 0 radical (unpaired) electrons. The van der Waals surface area contributed by atoms with Gasteiger partial charge >= 0.3 is 6.18 Å². The van der Waals surface area contributed by atoms with E-state index in [2.05, 4.69) is 20.6 Å². The number of alkyl halides is 3. The number of hydrogen-bond donors (Lipinski definition) is 4. The van der Waals surface area contributed by atoms with Crippen LogP contribution in [-0.4, -0.2) is 56.3 Å². The van der Waals surface area contributed by atoms with Crippen molar-refractivity contribution in [3.8, 4) is 0 Å². The molecule has 2 fully saturated rings. The van der Waals surface area contributed by atoms with E-state index >= 15 is 0 Å². The van der Waals surface area contributed by atoms with Crippen LogP contribution in [-0.2, 0) is 12.7 Å². The molecule has 6 N–H and O–H groups in total. The topological polar surface area (TPSA) is 161 Å². The average molecular weight is 603 g/mol. The second-order valence-corrected chi connectivity index (χ2v) is 10.5. The molecule has 0 aliphatic carbocycles. The summed E-state index contributed by atoms with van der Waals surface area (Å²) in [7, 11) is 0. The maximum Gasteiger partial charge on any atom is 0.416 e. The number of anilines is 2. The fourth-order valence-corrected chi connectivity index (χ4v) is 5.12. The Morgan fingerprint density at radius 2 is 1.83 bits per heavy atom. The number of carbonyl (C=O) groups is 2. The zero-order valence-electron chi connectivity index (χ0n) is 22.0. The van der Waals surface area contributed by atoms with E-state index in [0.717, 1.165) is 12.1 Å². The Hall–Kier alpha value is -4.59. The van der Waals surface area contributed by atoms with Crippen LogP contribution in [0.3, 0.4) is 0 Å². The normalized spacial score (nSPS) is 17.2. The van der Waals surface area contributed by atoms with Crippen LogP contribution in [0.15, 0.2) is 59.3 Å². The molecule has 1 aromatic carbocycles. The van der Waals surface area contributed by atoms with Crippen molar-refractivity contribution >= 4 is 34.9 Å². The lowest BCUT2D eigenvalue weighted by molar-refractivity contribution is -0.137. The van der Waals surface area contributed by atoms with Crippen LogP contribution in [0.5, 0.6) is 0 Å². The van der Waals surface area contributed by atoms with E-state index in [4.69, 9.17) is 23.1 Å². The number of allylic oxidation sites excluding steroid dienone is 1. The third-order valence-electron chi connectivity index (χ3n) is 7.28. The van der Waals surface area contributed by atoms with Crippen molar-refractivity contribution in [3.05, 3.63) is 92.4 Å². The van der Waals surface area contributed by atoms with Gasteiger partial charge in [-0.1, -0.05) is 23.7 Å². The fourth-order valence-electron chi connectivity index (χ4n) is 4.99. The first-order valence-corrected chi connectivity index (χ1v) is 13.2. The van der Waals surface area contributed by atoms with Gasteiger partial charge in [0.15, 0.2) is 22.5 Å². The minimum atomic E-state index is -4.51. The SMILES string of the molecule is Nc1nc(N)c(C(=O)/C=C2\NCC3(CCN(C(=O)c4ccc(=O)n(Cc5cccc(C(F)(F)F)c5)c4)CC3)N2)nc1Cl. The number of halogens is 4. The number of nitrogens with one attached hydrogen (secondary N) is 2. The highest BCUT2D eigenvalue weighted by Gasteiger charge is 2.40. The second kappa shape index (κ2) is 11.0. The molecule has 4 heterocycles. The van der Waals surface area contributed by atoms with Gasteiger partial charge in [-0.2, -0.15) is 13.2 Å². The largest absolute Gasteiger partial charge is 0.416 e. The molecule has 1 amide bonds. The van der Waals surface area contributed by atoms with Gasteiger partial charge in [-0.25, -0.2) is 9.97 Å². The molecule has 220 valence electrons. The molecule has 15 heteroatoms. The third kappa shape index (κ3) is 6.03. The number of nitrogens with two attached hydrogens (primary N) is 2. The van der Waals surface area contributed by atoms with Gasteiger partial charge in [0.05, 0.1) is 23.2 Å². The van der Waals surface area contributed by atoms with E-state index < -0.39 is 28.6 Å². The molecule has 2 saturated heterocycles. The van der Waals surface area contributed by atoms with Gasteiger partial charge in [0.1, 0.15) is 5.82 Å². The first-order valence-electron chi connectivity index (χ1n) is 12.9. The fraction of sp³-hybridized carbons (Fsp3) is 0.296. The number of nitrogens with zero attached hydrogens (tertiary/aromatic N) is 4. The molecule has 0 saturated carbocycles. The molecule has 1 spiro atoms. The van der Waals surface area contributed by atoms with Crippen molar-refractivity contribution in [1.29, 1.82) is 0 Å². The maximum absolute atomic E-state index is 13.3. The summed E-state index contributed by atoms with van der Waals surface area (Å²) in [4.78, 5) is 47.8. The van der Waals surface area contributed by atoms with Gasteiger partial charge in [-0.3, -0.25) is 14.4 Å². The Kier molecular flexibility index (Phi) is 7.58. The van der Waals surface area contributed by atoms with Gasteiger partial charge in [-0.15, -0.1) is 0 Å². The van der Waals surface area contributed by atoms with Gasteiger partial charge in [0.25, 0.3) is 11.5 Å². The summed E-state index contributed by atoms with van der Waals surface area (Å²) in [6.07, 6.45) is -0.691. The first kappa shape index (κ1) is 28.9. The van der Waals surface area contributed by atoms with E-state index in [1.165, 1.54) is 41.1 Å². The van der Waals surface area contributed by atoms with Crippen molar-refractivity contribution in [2.45, 2.75) is 31.1 Å². The highest BCUT2D eigenvalue weighted by molar-refractivity contribution is 6.31. The molecule has 0 unspecified atom stereocenters. The van der Waals surface area contributed by atoms with Crippen molar-refractivity contribution in [1.82, 2.24) is 30.1 Å². The van der Waals surface area contributed by atoms with E-state index in [9.17, 15) is 27.6 Å². The van der Waals surface area contributed by atoms with Crippen LogP contribution in [0, 0.1) is 0 Å². The van der Waals surface area contributed by atoms with Crippen LogP contribution in [0.1, 0.15) is 44.8 Å². The molecule has 2 aromatic heterocycles. The van der Waals surface area contributed by atoms with Crippen LogP contribution >= 0.6 is 11.6 Å². The molecule has 2 aliphatic heterocycles. The lowest BCUT2D eigenvalue weighted by Crippen LogP contribution is -2.53. The van der Waals surface area contributed by atoms with Crippen LogP contribution in [0.25, 0.3) is 0 Å². The molecular weight excluding hydrogens is 577 g/mol. The standard InChI is InChI=1S/C27H26ClF3N8O3/c28-22-24(33)36-23(32)21(35-22)18(40)11-19-34-14-26(37-19)6-8-38(9-7-26)25(42)16-4-5-20(41)39(13-16)12-15-2-1-3-17(10-15)27(29,30)31/h1-5,10-11,13,34,37H,6-9,12,14H2,(H4,32,33,36)/b19-11+. The molecular formula is C27H26ClF3N8O3. The number of amides is 1. The monoisotopic (exact) mass is 602 g/mol. The second-order valence-electron chi connectivity index (χ2n) is 10.2. The van der Waals surface area contributed by atoms with Crippen molar-refractivity contribution in [2.75, 3.05) is 31.1 Å². The first-order chi connectivity index (χ1) is 19.8. The molecule has 11 nitrogen and oxygen atoms in total. The Morgan fingerprint density at radius 1 is 1.10 bits per heavy atom. The van der Waals surface area contributed by atoms with Gasteiger partial charge in [0.2, 0.25) is 5.78 Å². The number of benzene rings is 1. The van der Waals surface area contributed by atoms with Crippen LogP contribution in [0.2, 0.25) is 5.15 Å². The van der Waals surface area contributed by atoms with Crippen LogP contribution < -0.4 is 27.7 Å². The van der Waals surface area contributed by atoms with Crippen molar-refractivity contribution in [3.63, 3.8) is 0 Å². The van der Waals surface area contributed by atoms with E-state index in [1.807, 2.05) is 0 Å². The van der Waals surface area contributed by atoms with Crippen molar-refractivity contribution in [2.24, 2.45) is 0 Å². The zero-order chi connectivity index (χ0) is 30.2. The number of likely N-dealkylation sites (tertiary alicyclic amines) is 1. The Morgan fingerprint density at radius 3 is 2.55 bits per heavy atom. The summed E-state index contributed by atoms with van der Waals surface area (Å²) in [5.41, 5.74) is 10.1. The summed E-state index contributed by atoms with van der Waals surface area (Å²) >= 11 is 5.88. The number of nitrogen functional groups attached to an aromatic ring is 2. The average Bonchev–Trinajstić information content (AvgIpc) is 3.33. The predicted octanol–water partition coefficient (Wildman–Crippen LogP) is 2.42. The predicted molar refractivity (Wildman–Crippen MR) is 149 cm³/mol. The van der Waals surface area contributed by atoms with Gasteiger partial charge < -0.3 is 31.6 Å². The number of rotatable bonds is 5.